The molecule has 0 radical (unpaired) electrons. The lowest BCUT2D eigenvalue weighted by Gasteiger charge is -1.98. The number of pyridine rings is 1. The molecule has 0 aliphatic heterocycles. The molecule has 0 unspecified atom stereocenters. The SMILES string of the molecule is N#Cc1ccnc2ccc(C=O)cc12. The highest BCUT2D eigenvalue weighted by Crippen LogP contribution is 2.16. The number of hydrogen-bond acceptors (Lipinski definition) is 3. The molecule has 0 bridgehead atoms. The number of aromatic nitrogens is 1. The Morgan fingerprint density at radius 2 is 2.21 bits per heavy atom. The second kappa shape index (κ2) is 3.27. The van der Waals surface area contributed by atoms with Crippen LogP contribution in [0, 0.1) is 11.3 Å². The second-order valence-electron chi connectivity index (χ2n) is 2.86. The lowest BCUT2D eigenvalue weighted by molar-refractivity contribution is 0.112. The van der Waals surface area contributed by atoms with E-state index in [0.717, 1.165) is 17.2 Å². The Bertz CT molecular complexity index is 540. The summed E-state index contributed by atoms with van der Waals surface area (Å²) in [6.45, 7) is 0. The fraction of sp³-hybridized carbons (Fsp3) is 0. The Kier molecular flexibility index (Phi) is 1.96. The maximum Gasteiger partial charge on any atom is 0.150 e. The van der Waals surface area contributed by atoms with E-state index in [1.54, 1.807) is 30.5 Å². The number of carbonyl (C=O) groups is 1. The van der Waals surface area contributed by atoms with Crippen molar-refractivity contribution in [2.75, 3.05) is 0 Å². The van der Waals surface area contributed by atoms with Crippen LogP contribution in [0.5, 0.6) is 0 Å². The molecule has 0 saturated carbocycles. The first-order valence-electron chi connectivity index (χ1n) is 4.09. The van der Waals surface area contributed by atoms with E-state index in [9.17, 15) is 4.79 Å². The van der Waals surface area contributed by atoms with Crippen molar-refractivity contribution in [1.29, 1.82) is 5.26 Å². The molecule has 0 aliphatic rings. The third kappa shape index (κ3) is 1.23. The molecule has 3 heteroatoms. The largest absolute Gasteiger partial charge is 0.298 e. The van der Waals surface area contributed by atoms with Crippen molar-refractivity contribution in [3.63, 3.8) is 0 Å². The van der Waals surface area contributed by atoms with Crippen molar-refractivity contribution in [2.24, 2.45) is 0 Å². The van der Waals surface area contributed by atoms with Gasteiger partial charge in [0.25, 0.3) is 0 Å². The zero-order valence-electron chi connectivity index (χ0n) is 7.27. The molecule has 1 aromatic carbocycles. The van der Waals surface area contributed by atoms with Crippen LogP contribution in [-0.4, -0.2) is 11.3 Å². The van der Waals surface area contributed by atoms with Gasteiger partial charge in [0.2, 0.25) is 0 Å². The van der Waals surface area contributed by atoms with Gasteiger partial charge < -0.3 is 0 Å². The Morgan fingerprint density at radius 1 is 1.36 bits per heavy atom. The molecular formula is C11H6N2O. The maximum absolute atomic E-state index is 10.5. The highest BCUT2D eigenvalue weighted by Gasteiger charge is 2.01. The second-order valence-corrected chi connectivity index (χ2v) is 2.86. The van der Waals surface area contributed by atoms with Crippen molar-refractivity contribution in [1.82, 2.24) is 4.98 Å². The van der Waals surface area contributed by atoms with Crippen molar-refractivity contribution in [3.8, 4) is 6.07 Å². The van der Waals surface area contributed by atoms with Crippen LogP contribution in [0.4, 0.5) is 0 Å². The van der Waals surface area contributed by atoms with Gasteiger partial charge in [-0.05, 0) is 24.3 Å². The van der Waals surface area contributed by atoms with E-state index in [2.05, 4.69) is 11.1 Å². The first-order valence-corrected chi connectivity index (χ1v) is 4.09. The average Bonchev–Trinajstić information content (AvgIpc) is 2.27. The summed E-state index contributed by atoms with van der Waals surface area (Å²) < 4.78 is 0. The van der Waals surface area contributed by atoms with Crippen LogP contribution in [0.1, 0.15) is 15.9 Å². The van der Waals surface area contributed by atoms with Crippen LogP contribution in [0.3, 0.4) is 0 Å². The summed E-state index contributed by atoms with van der Waals surface area (Å²) in [7, 11) is 0. The Balaban J connectivity index is 2.84. The minimum Gasteiger partial charge on any atom is -0.298 e. The minimum absolute atomic E-state index is 0.540. The van der Waals surface area contributed by atoms with Gasteiger partial charge in [-0.15, -0.1) is 0 Å². The minimum atomic E-state index is 0.540. The van der Waals surface area contributed by atoms with Gasteiger partial charge in [-0.3, -0.25) is 9.78 Å². The normalized spacial score (nSPS) is 9.64. The van der Waals surface area contributed by atoms with E-state index < -0.39 is 0 Å². The number of carbonyl (C=O) groups excluding carboxylic acids is 1. The number of nitrogens with zero attached hydrogens (tertiary/aromatic N) is 2. The van der Waals surface area contributed by atoms with Crippen LogP contribution < -0.4 is 0 Å². The summed E-state index contributed by atoms with van der Waals surface area (Å²) in [6.07, 6.45) is 2.34. The number of hydrogen-bond donors (Lipinski definition) is 0. The number of benzene rings is 1. The van der Waals surface area contributed by atoms with Gasteiger partial charge in [0.05, 0.1) is 17.1 Å². The summed E-state index contributed by atoms with van der Waals surface area (Å²) >= 11 is 0. The molecule has 0 amide bonds. The van der Waals surface area contributed by atoms with Crippen molar-refractivity contribution >= 4 is 17.2 Å². The maximum atomic E-state index is 10.5. The fourth-order valence-corrected chi connectivity index (χ4v) is 1.33. The highest BCUT2D eigenvalue weighted by molar-refractivity contribution is 5.90. The number of fused-ring (bicyclic) bond motifs is 1. The molecule has 2 aromatic rings. The van der Waals surface area contributed by atoms with Gasteiger partial charge in [0.15, 0.2) is 0 Å². The van der Waals surface area contributed by atoms with Crippen molar-refractivity contribution in [2.45, 2.75) is 0 Å². The van der Waals surface area contributed by atoms with E-state index in [1.165, 1.54) is 0 Å². The highest BCUT2D eigenvalue weighted by atomic mass is 16.1. The Morgan fingerprint density at radius 3 is 2.93 bits per heavy atom. The lowest BCUT2D eigenvalue weighted by Crippen LogP contribution is -1.86. The molecule has 1 heterocycles. The standard InChI is InChI=1S/C11H6N2O/c12-6-9-3-4-13-11-2-1-8(7-14)5-10(9)11/h1-5,7H. The summed E-state index contributed by atoms with van der Waals surface area (Å²) in [5.74, 6) is 0. The molecular weight excluding hydrogens is 176 g/mol. The van der Waals surface area contributed by atoms with Gasteiger partial charge in [-0.1, -0.05) is 0 Å². The Labute approximate surface area is 80.6 Å². The number of aldehydes is 1. The monoisotopic (exact) mass is 182 g/mol. The quantitative estimate of drug-likeness (QED) is 0.633. The molecule has 1 aromatic heterocycles. The topological polar surface area (TPSA) is 53.8 Å². The van der Waals surface area contributed by atoms with E-state index in [0.29, 0.717) is 11.1 Å². The summed E-state index contributed by atoms with van der Waals surface area (Å²) in [5.41, 5.74) is 1.83. The third-order valence-corrected chi connectivity index (χ3v) is 2.02. The van der Waals surface area contributed by atoms with Crippen LogP contribution in [0.2, 0.25) is 0 Å². The van der Waals surface area contributed by atoms with Gasteiger partial charge in [0.1, 0.15) is 6.29 Å². The molecule has 0 fully saturated rings. The molecule has 14 heavy (non-hydrogen) atoms. The first-order chi connectivity index (χ1) is 6.85. The molecule has 0 aliphatic carbocycles. The zero-order valence-corrected chi connectivity index (χ0v) is 7.27. The predicted molar refractivity (Wildman–Crippen MR) is 51.8 cm³/mol. The fourth-order valence-electron chi connectivity index (χ4n) is 1.33. The van der Waals surface area contributed by atoms with Crippen molar-refractivity contribution in [3.05, 3.63) is 41.6 Å². The van der Waals surface area contributed by atoms with Gasteiger partial charge in [-0.25, -0.2) is 0 Å². The number of nitriles is 1. The van der Waals surface area contributed by atoms with E-state index in [4.69, 9.17) is 5.26 Å². The average molecular weight is 182 g/mol. The van der Waals surface area contributed by atoms with Gasteiger partial charge in [0, 0.05) is 17.1 Å². The van der Waals surface area contributed by atoms with Crippen LogP contribution in [0.15, 0.2) is 30.5 Å². The summed E-state index contributed by atoms with van der Waals surface area (Å²) in [6, 6.07) is 8.80. The molecule has 66 valence electrons. The molecule has 0 spiro atoms. The summed E-state index contributed by atoms with van der Waals surface area (Å²) in [4.78, 5) is 14.6. The van der Waals surface area contributed by atoms with Crippen LogP contribution in [-0.2, 0) is 0 Å². The molecule has 2 rings (SSSR count). The molecule has 0 atom stereocenters. The smallest absolute Gasteiger partial charge is 0.150 e. The predicted octanol–water partition coefficient (Wildman–Crippen LogP) is 1.92. The number of rotatable bonds is 1. The van der Waals surface area contributed by atoms with E-state index in [1.807, 2.05) is 0 Å². The molecule has 0 saturated heterocycles. The van der Waals surface area contributed by atoms with Gasteiger partial charge in [-0.2, -0.15) is 5.26 Å². The molecule has 3 nitrogen and oxygen atoms in total. The van der Waals surface area contributed by atoms with E-state index in [-0.39, 0.29) is 0 Å². The molecule has 0 N–H and O–H groups in total. The summed E-state index contributed by atoms with van der Waals surface area (Å²) in [5, 5.41) is 9.55. The third-order valence-electron chi connectivity index (χ3n) is 2.02. The van der Waals surface area contributed by atoms with Crippen LogP contribution in [0.25, 0.3) is 10.9 Å². The zero-order chi connectivity index (χ0) is 9.97. The lowest BCUT2D eigenvalue weighted by atomic mass is 10.1. The van der Waals surface area contributed by atoms with Gasteiger partial charge >= 0.3 is 0 Å². The van der Waals surface area contributed by atoms with E-state index >= 15 is 0 Å². The Hall–Kier alpha value is -2.21. The van der Waals surface area contributed by atoms with Crippen molar-refractivity contribution < 1.29 is 4.79 Å². The van der Waals surface area contributed by atoms with Crippen LogP contribution >= 0.6 is 0 Å². The first kappa shape index (κ1) is 8.39.